The Kier molecular flexibility index (Phi) is 9.94. The van der Waals surface area contributed by atoms with E-state index in [2.05, 4.69) is 40.2 Å². The van der Waals surface area contributed by atoms with Gasteiger partial charge in [0, 0.05) is 5.57 Å². The first kappa shape index (κ1) is 22.1. The molecule has 1 nitrogen and oxygen atoms in total. The molecule has 0 aromatic carbocycles. The van der Waals surface area contributed by atoms with Crippen LogP contribution >= 0.6 is 0 Å². The van der Waals surface area contributed by atoms with E-state index < -0.39 is 11.7 Å². The fraction of sp³-hybridized carbons (Fsp3) is 0.429. The molecule has 0 radical (unpaired) electrons. The van der Waals surface area contributed by atoms with Gasteiger partial charge >= 0.3 is 0 Å². The van der Waals surface area contributed by atoms with Crippen molar-refractivity contribution in [3.05, 3.63) is 72.6 Å². The minimum absolute atomic E-state index is 0.106. The maximum absolute atomic E-state index is 14.3. The maximum Gasteiger partial charge on any atom is 0.166 e. The van der Waals surface area contributed by atoms with Gasteiger partial charge in [-0.15, -0.1) is 0 Å². The second-order valence-corrected chi connectivity index (χ2v) is 6.26. The number of ether oxygens (including phenoxy) is 1. The molecule has 3 heteroatoms. The van der Waals surface area contributed by atoms with Crippen LogP contribution in [0.2, 0.25) is 0 Å². The lowest BCUT2D eigenvalue weighted by molar-refractivity contribution is 0.244. The average molecular weight is 336 g/mol. The summed E-state index contributed by atoms with van der Waals surface area (Å²) in [6.45, 7) is 23.0. The Morgan fingerprint density at radius 2 is 1.54 bits per heavy atom. The van der Waals surface area contributed by atoms with E-state index >= 15 is 0 Å². The van der Waals surface area contributed by atoms with Crippen LogP contribution in [0.15, 0.2) is 72.6 Å². The van der Waals surface area contributed by atoms with Crippen LogP contribution in [0, 0.1) is 11.8 Å². The molecule has 0 rings (SSSR count). The summed E-state index contributed by atoms with van der Waals surface area (Å²) < 4.78 is 33.8. The Labute approximate surface area is 145 Å². The summed E-state index contributed by atoms with van der Waals surface area (Å²) in [5, 5.41) is 0. The normalized spacial score (nSPS) is 13.6. The first-order valence-electron chi connectivity index (χ1n) is 8.24. The van der Waals surface area contributed by atoms with Crippen molar-refractivity contribution >= 4 is 0 Å². The summed E-state index contributed by atoms with van der Waals surface area (Å²) in [5.74, 6) is -1.17. The SMILES string of the molecule is C=C(/C=C\C(=C)C(=C)/C(F)=C(/F)C(=C)C(C)CCC(C)C)OCC. The predicted molar refractivity (Wildman–Crippen MR) is 99.8 cm³/mol. The number of allylic oxidation sites excluding steroid dienone is 7. The Morgan fingerprint density at radius 3 is 2.04 bits per heavy atom. The fourth-order valence-electron chi connectivity index (χ4n) is 1.92. The van der Waals surface area contributed by atoms with Gasteiger partial charge in [-0.3, -0.25) is 0 Å². The highest BCUT2D eigenvalue weighted by molar-refractivity contribution is 5.50. The predicted octanol–water partition coefficient (Wildman–Crippen LogP) is 6.98. The molecule has 0 spiro atoms. The molecule has 0 saturated heterocycles. The molecule has 0 aliphatic heterocycles. The molecule has 134 valence electrons. The lowest BCUT2D eigenvalue weighted by atomic mass is 9.92. The van der Waals surface area contributed by atoms with Crippen molar-refractivity contribution in [1.82, 2.24) is 0 Å². The summed E-state index contributed by atoms with van der Waals surface area (Å²) in [4.78, 5) is 0. The molecule has 0 N–H and O–H groups in total. The van der Waals surface area contributed by atoms with E-state index in [9.17, 15) is 8.78 Å². The van der Waals surface area contributed by atoms with E-state index in [-0.39, 0.29) is 22.6 Å². The van der Waals surface area contributed by atoms with E-state index in [1.54, 1.807) is 6.08 Å². The maximum atomic E-state index is 14.3. The van der Waals surface area contributed by atoms with E-state index in [1.807, 2.05) is 13.8 Å². The lowest BCUT2D eigenvalue weighted by Crippen LogP contribution is -2.03. The monoisotopic (exact) mass is 336 g/mol. The molecular formula is C21H30F2O. The summed E-state index contributed by atoms with van der Waals surface area (Å²) in [6, 6.07) is 0. The molecular weight excluding hydrogens is 306 g/mol. The van der Waals surface area contributed by atoms with Crippen molar-refractivity contribution in [3.63, 3.8) is 0 Å². The van der Waals surface area contributed by atoms with Crippen molar-refractivity contribution in [3.8, 4) is 0 Å². The smallest absolute Gasteiger partial charge is 0.166 e. The third kappa shape index (κ3) is 7.58. The van der Waals surface area contributed by atoms with Gasteiger partial charge in [-0.25, -0.2) is 8.78 Å². The van der Waals surface area contributed by atoms with Crippen molar-refractivity contribution in [2.45, 2.75) is 40.5 Å². The van der Waals surface area contributed by atoms with Gasteiger partial charge in [-0.05, 0) is 42.4 Å². The highest BCUT2D eigenvalue weighted by atomic mass is 19.2. The van der Waals surface area contributed by atoms with Gasteiger partial charge in [-0.1, -0.05) is 59.6 Å². The second-order valence-electron chi connectivity index (χ2n) is 6.26. The number of halogens is 2. The Bertz CT molecular complexity index is 550. The molecule has 0 bridgehead atoms. The topological polar surface area (TPSA) is 9.23 Å². The van der Waals surface area contributed by atoms with Crippen molar-refractivity contribution < 1.29 is 13.5 Å². The number of hydrogen-bond donors (Lipinski definition) is 0. The molecule has 24 heavy (non-hydrogen) atoms. The highest BCUT2D eigenvalue weighted by Gasteiger charge is 2.18. The average Bonchev–Trinajstić information content (AvgIpc) is 2.54. The standard InChI is InChI=1S/C21H30F2O/c1-9-24-17(6)13-12-16(5)19(8)21(23)20(22)18(7)15(4)11-10-14(2)3/h12-15H,5-11H2,1-4H3/b13-12-,21-20-. The minimum Gasteiger partial charge on any atom is -0.495 e. The molecule has 0 aliphatic carbocycles. The Morgan fingerprint density at radius 1 is 0.958 bits per heavy atom. The van der Waals surface area contributed by atoms with Crippen LogP contribution in [-0.2, 0) is 4.74 Å². The minimum atomic E-state index is -1.02. The molecule has 0 amide bonds. The molecule has 0 fully saturated rings. The molecule has 1 unspecified atom stereocenters. The van der Waals surface area contributed by atoms with Gasteiger partial charge in [0.05, 0.1) is 6.61 Å². The molecule has 0 saturated carbocycles. The highest BCUT2D eigenvalue weighted by Crippen LogP contribution is 2.31. The molecule has 1 atom stereocenters. The first-order chi connectivity index (χ1) is 11.1. The third-order valence-electron chi connectivity index (χ3n) is 3.70. The lowest BCUT2D eigenvalue weighted by Gasteiger charge is -2.15. The summed E-state index contributed by atoms with van der Waals surface area (Å²) >= 11 is 0. The van der Waals surface area contributed by atoms with Crippen LogP contribution in [0.3, 0.4) is 0 Å². The number of rotatable bonds is 11. The Hall–Kier alpha value is -1.90. The first-order valence-corrected chi connectivity index (χ1v) is 8.24. The molecule has 0 heterocycles. The molecule has 0 aliphatic rings. The van der Waals surface area contributed by atoms with Crippen LogP contribution in [-0.4, -0.2) is 6.61 Å². The Balaban J connectivity index is 5.00. The van der Waals surface area contributed by atoms with Gasteiger partial charge < -0.3 is 4.74 Å². The van der Waals surface area contributed by atoms with Crippen LogP contribution < -0.4 is 0 Å². The zero-order valence-electron chi connectivity index (χ0n) is 15.4. The summed E-state index contributed by atoms with van der Waals surface area (Å²) in [7, 11) is 0. The third-order valence-corrected chi connectivity index (χ3v) is 3.70. The van der Waals surface area contributed by atoms with Crippen LogP contribution in [0.4, 0.5) is 8.78 Å². The van der Waals surface area contributed by atoms with E-state index in [4.69, 9.17) is 4.74 Å². The van der Waals surface area contributed by atoms with Gasteiger partial charge in [0.2, 0.25) is 0 Å². The van der Waals surface area contributed by atoms with Crippen LogP contribution in [0.5, 0.6) is 0 Å². The largest absolute Gasteiger partial charge is 0.495 e. The van der Waals surface area contributed by atoms with Crippen molar-refractivity contribution in [2.24, 2.45) is 11.8 Å². The van der Waals surface area contributed by atoms with Crippen LogP contribution in [0.1, 0.15) is 40.5 Å². The van der Waals surface area contributed by atoms with E-state index in [1.165, 1.54) is 6.08 Å². The van der Waals surface area contributed by atoms with Gasteiger partial charge in [0.25, 0.3) is 0 Å². The summed E-state index contributed by atoms with van der Waals surface area (Å²) in [6.07, 6.45) is 4.74. The fourth-order valence-corrected chi connectivity index (χ4v) is 1.92. The van der Waals surface area contributed by atoms with Crippen LogP contribution in [0.25, 0.3) is 0 Å². The van der Waals surface area contributed by atoms with Crippen molar-refractivity contribution in [2.75, 3.05) is 6.61 Å². The summed E-state index contributed by atoms with van der Waals surface area (Å²) in [5.41, 5.74) is 0.307. The van der Waals surface area contributed by atoms with Gasteiger partial charge in [0.1, 0.15) is 5.76 Å². The van der Waals surface area contributed by atoms with Gasteiger partial charge in [0.15, 0.2) is 11.7 Å². The van der Waals surface area contributed by atoms with Gasteiger partial charge in [-0.2, -0.15) is 0 Å². The zero-order valence-corrected chi connectivity index (χ0v) is 15.4. The van der Waals surface area contributed by atoms with Crippen molar-refractivity contribution in [1.29, 1.82) is 0 Å². The number of hydrogen-bond acceptors (Lipinski definition) is 1. The molecule has 0 aromatic rings. The molecule has 0 aromatic heterocycles. The van der Waals surface area contributed by atoms with E-state index in [0.717, 1.165) is 12.8 Å². The van der Waals surface area contributed by atoms with E-state index in [0.29, 0.717) is 18.3 Å². The zero-order chi connectivity index (χ0) is 18.9. The second kappa shape index (κ2) is 10.8. The quantitative estimate of drug-likeness (QED) is 0.292.